The highest BCUT2D eigenvalue weighted by atomic mass is 15.1. The first-order valence-electron chi connectivity index (χ1n) is 3.38. The number of nitrogens with zero attached hydrogens (tertiary/aromatic N) is 2. The summed E-state index contributed by atoms with van der Waals surface area (Å²) >= 11 is 0. The van der Waals surface area contributed by atoms with Gasteiger partial charge in [-0.3, -0.25) is 0 Å². The molecule has 0 unspecified atom stereocenters. The van der Waals surface area contributed by atoms with Gasteiger partial charge in [-0.15, -0.1) is 5.11 Å². The summed E-state index contributed by atoms with van der Waals surface area (Å²) < 4.78 is 0. The Morgan fingerprint density at radius 3 is 3.00 bits per heavy atom. The first-order chi connectivity index (χ1) is 5.45. The van der Waals surface area contributed by atoms with Crippen molar-refractivity contribution in [3.8, 4) is 0 Å². The van der Waals surface area contributed by atoms with Crippen LogP contribution in [0, 0.1) is 0 Å². The van der Waals surface area contributed by atoms with E-state index in [1.807, 2.05) is 30.4 Å². The third kappa shape index (κ3) is 1.26. The lowest BCUT2D eigenvalue weighted by Gasteiger charge is -1.80. The van der Waals surface area contributed by atoms with Crippen LogP contribution in [-0.4, -0.2) is 0 Å². The first kappa shape index (κ1) is 6.08. The van der Waals surface area contributed by atoms with Crippen molar-refractivity contribution < 1.29 is 0 Å². The summed E-state index contributed by atoms with van der Waals surface area (Å²) in [6, 6.07) is 0. The standard InChI is InChI=1S/C9H6N2/c1-2-4-9-7-8(3-1)5-6-10-11-9/h1-6H. The summed E-state index contributed by atoms with van der Waals surface area (Å²) in [4.78, 5) is 0. The lowest BCUT2D eigenvalue weighted by molar-refractivity contribution is 1.18. The number of hydrogen-bond donors (Lipinski definition) is 0. The van der Waals surface area contributed by atoms with Crippen molar-refractivity contribution in [1.29, 1.82) is 0 Å². The molecule has 0 aromatic heterocycles. The lowest BCUT2D eigenvalue weighted by atomic mass is 10.2. The van der Waals surface area contributed by atoms with E-state index in [0.29, 0.717) is 0 Å². The summed E-state index contributed by atoms with van der Waals surface area (Å²) in [7, 11) is 0. The van der Waals surface area contributed by atoms with Crippen LogP contribution in [0.2, 0.25) is 0 Å². The van der Waals surface area contributed by atoms with Gasteiger partial charge >= 0.3 is 0 Å². The van der Waals surface area contributed by atoms with Crippen LogP contribution < -0.4 is 0 Å². The summed E-state index contributed by atoms with van der Waals surface area (Å²) in [5.74, 6) is 0. The SMILES string of the molecule is C1=C2C=CC=CC=1N=NC=C2. The van der Waals surface area contributed by atoms with Gasteiger partial charge in [0.05, 0.1) is 6.20 Å². The largest absolute Gasteiger partial charge is 0.158 e. The van der Waals surface area contributed by atoms with Gasteiger partial charge in [-0.25, -0.2) is 0 Å². The molecule has 1 aliphatic heterocycles. The van der Waals surface area contributed by atoms with E-state index >= 15 is 0 Å². The number of rotatable bonds is 0. The van der Waals surface area contributed by atoms with Crippen molar-refractivity contribution in [1.82, 2.24) is 0 Å². The maximum atomic E-state index is 3.90. The zero-order chi connectivity index (χ0) is 7.52. The number of allylic oxidation sites excluding steroid dienone is 5. The van der Waals surface area contributed by atoms with E-state index in [9.17, 15) is 0 Å². The van der Waals surface area contributed by atoms with Gasteiger partial charge in [0.15, 0.2) is 0 Å². The molecule has 11 heavy (non-hydrogen) atoms. The van der Waals surface area contributed by atoms with Crippen molar-refractivity contribution in [2.75, 3.05) is 0 Å². The third-order valence-corrected chi connectivity index (χ3v) is 1.40. The lowest BCUT2D eigenvalue weighted by Crippen LogP contribution is -1.64. The second kappa shape index (κ2) is 2.52. The van der Waals surface area contributed by atoms with Crippen LogP contribution in [-0.2, 0) is 0 Å². The van der Waals surface area contributed by atoms with E-state index in [-0.39, 0.29) is 0 Å². The van der Waals surface area contributed by atoms with Crippen LogP contribution in [0.4, 0.5) is 0 Å². The van der Waals surface area contributed by atoms with Gasteiger partial charge in [0.25, 0.3) is 0 Å². The van der Waals surface area contributed by atoms with E-state index in [1.165, 1.54) is 0 Å². The van der Waals surface area contributed by atoms with Crippen molar-refractivity contribution in [3.63, 3.8) is 0 Å². The number of hydrogen-bond acceptors (Lipinski definition) is 2. The van der Waals surface area contributed by atoms with Crippen molar-refractivity contribution in [3.05, 3.63) is 53.6 Å². The Morgan fingerprint density at radius 1 is 1.09 bits per heavy atom. The van der Waals surface area contributed by atoms with E-state index in [4.69, 9.17) is 0 Å². The Labute approximate surface area is 64.6 Å². The maximum Gasteiger partial charge on any atom is 0.128 e. The molecule has 0 aromatic carbocycles. The minimum atomic E-state index is 0.773. The molecule has 2 heteroatoms. The predicted octanol–water partition coefficient (Wildman–Crippen LogP) is 2.50. The second-order valence-corrected chi connectivity index (χ2v) is 2.22. The molecule has 2 rings (SSSR count). The average Bonchev–Trinajstić information content (AvgIpc) is 2.36. The fourth-order valence-electron chi connectivity index (χ4n) is 0.902. The number of azo groups is 1. The molecular formula is C9H6N2. The van der Waals surface area contributed by atoms with Gasteiger partial charge in [-0.2, -0.15) is 5.11 Å². The average molecular weight is 142 g/mol. The molecule has 0 radical (unpaired) electrons. The molecule has 0 saturated carbocycles. The molecule has 0 saturated heterocycles. The molecule has 2 nitrogen and oxygen atoms in total. The van der Waals surface area contributed by atoms with E-state index in [2.05, 4.69) is 16.0 Å². The summed E-state index contributed by atoms with van der Waals surface area (Å²) in [6.07, 6.45) is 11.3. The Hall–Kier alpha value is -1.66. The molecule has 2 aliphatic rings. The monoisotopic (exact) mass is 142 g/mol. The van der Waals surface area contributed by atoms with Gasteiger partial charge in [0.1, 0.15) is 5.70 Å². The van der Waals surface area contributed by atoms with Gasteiger partial charge < -0.3 is 0 Å². The summed E-state index contributed by atoms with van der Waals surface area (Å²) in [6.45, 7) is 0. The third-order valence-electron chi connectivity index (χ3n) is 1.40. The van der Waals surface area contributed by atoms with Gasteiger partial charge in [0, 0.05) is 5.57 Å². The van der Waals surface area contributed by atoms with Crippen molar-refractivity contribution in [2.24, 2.45) is 10.2 Å². The molecule has 0 aromatic rings. The van der Waals surface area contributed by atoms with Crippen LogP contribution in [0.25, 0.3) is 0 Å². The molecule has 52 valence electrons. The quantitative estimate of drug-likeness (QED) is 0.464. The van der Waals surface area contributed by atoms with Crippen LogP contribution >= 0.6 is 0 Å². The van der Waals surface area contributed by atoms with Crippen LogP contribution in [0.5, 0.6) is 0 Å². The maximum absolute atomic E-state index is 3.90. The first-order valence-corrected chi connectivity index (χ1v) is 3.38. The highest BCUT2D eigenvalue weighted by Crippen LogP contribution is 2.10. The van der Waals surface area contributed by atoms with E-state index in [0.717, 1.165) is 11.3 Å². The Morgan fingerprint density at radius 2 is 2.00 bits per heavy atom. The minimum Gasteiger partial charge on any atom is -0.158 e. The smallest absolute Gasteiger partial charge is 0.128 e. The topological polar surface area (TPSA) is 24.7 Å². The molecular weight excluding hydrogens is 136 g/mol. The zero-order valence-electron chi connectivity index (χ0n) is 5.86. The Bertz CT molecular complexity index is 288. The molecule has 0 atom stereocenters. The highest BCUT2D eigenvalue weighted by Gasteiger charge is 1.93. The Kier molecular flexibility index (Phi) is 1.39. The second-order valence-electron chi connectivity index (χ2n) is 2.22. The van der Waals surface area contributed by atoms with Gasteiger partial charge in [0.2, 0.25) is 0 Å². The van der Waals surface area contributed by atoms with Crippen molar-refractivity contribution >= 4 is 0 Å². The molecule has 1 heterocycles. The minimum absolute atomic E-state index is 0.773. The zero-order valence-corrected chi connectivity index (χ0v) is 5.86. The molecule has 0 N–H and O–H groups in total. The molecule has 2 bridgehead atoms. The van der Waals surface area contributed by atoms with Gasteiger partial charge in [-0.05, 0) is 18.2 Å². The summed E-state index contributed by atoms with van der Waals surface area (Å²) in [5.41, 5.74) is 4.87. The molecule has 1 aliphatic carbocycles. The van der Waals surface area contributed by atoms with Crippen molar-refractivity contribution in [2.45, 2.75) is 0 Å². The van der Waals surface area contributed by atoms with E-state index < -0.39 is 0 Å². The van der Waals surface area contributed by atoms with Crippen LogP contribution in [0.3, 0.4) is 0 Å². The fraction of sp³-hybridized carbons (Fsp3) is 0. The molecule has 0 fully saturated rings. The molecule has 0 spiro atoms. The predicted molar refractivity (Wildman–Crippen MR) is 42.8 cm³/mol. The fourth-order valence-corrected chi connectivity index (χ4v) is 0.902. The van der Waals surface area contributed by atoms with Crippen LogP contribution in [0.1, 0.15) is 0 Å². The van der Waals surface area contributed by atoms with Gasteiger partial charge in [-0.1, -0.05) is 17.9 Å². The van der Waals surface area contributed by atoms with Crippen LogP contribution in [0.15, 0.2) is 63.8 Å². The Balaban J connectivity index is 2.58. The summed E-state index contributed by atoms with van der Waals surface area (Å²) in [5, 5.41) is 7.69. The molecule has 0 amide bonds. The highest BCUT2D eigenvalue weighted by molar-refractivity contribution is 5.39. The van der Waals surface area contributed by atoms with E-state index in [1.54, 1.807) is 6.20 Å². The normalized spacial score (nSPS) is 18.9.